The molecular formula is C15H34N2O2. The minimum atomic E-state index is -0.344. The van der Waals surface area contributed by atoms with Crippen molar-refractivity contribution in [1.82, 2.24) is 9.80 Å². The molecule has 0 bridgehead atoms. The van der Waals surface area contributed by atoms with Gasteiger partial charge in [-0.15, -0.1) is 0 Å². The van der Waals surface area contributed by atoms with Crippen LogP contribution in [-0.4, -0.2) is 71.5 Å². The highest BCUT2D eigenvalue weighted by Crippen LogP contribution is 2.02. The van der Waals surface area contributed by atoms with Crippen LogP contribution in [-0.2, 0) is 0 Å². The van der Waals surface area contributed by atoms with Gasteiger partial charge in [-0.3, -0.25) is 4.90 Å². The number of aliphatic hydroxyl groups excluding tert-OH is 2. The molecule has 0 aliphatic rings. The maximum absolute atomic E-state index is 9.51. The molecule has 0 fully saturated rings. The van der Waals surface area contributed by atoms with Crippen molar-refractivity contribution in [3.8, 4) is 0 Å². The number of aliphatic hydroxyl groups is 2. The molecule has 0 aromatic carbocycles. The molecule has 4 nitrogen and oxygen atoms in total. The molecule has 0 rings (SSSR count). The van der Waals surface area contributed by atoms with E-state index in [2.05, 4.69) is 30.6 Å². The Bertz CT molecular complexity index is 198. The molecule has 2 unspecified atom stereocenters. The number of rotatable bonds is 11. The fourth-order valence-corrected chi connectivity index (χ4v) is 2.41. The molecular weight excluding hydrogens is 240 g/mol. The van der Waals surface area contributed by atoms with Crippen molar-refractivity contribution in [2.45, 2.75) is 53.2 Å². The Morgan fingerprint density at radius 3 is 1.58 bits per heavy atom. The molecule has 0 saturated carbocycles. The topological polar surface area (TPSA) is 46.9 Å². The summed E-state index contributed by atoms with van der Waals surface area (Å²) in [6.45, 7) is 15.7. The average molecular weight is 274 g/mol. The molecule has 0 spiro atoms. The van der Waals surface area contributed by atoms with Crippen molar-refractivity contribution in [1.29, 1.82) is 0 Å². The minimum Gasteiger partial charge on any atom is -0.392 e. The van der Waals surface area contributed by atoms with E-state index in [9.17, 15) is 10.2 Å². The largest absolute Gasteiger partial charge is 0.392 e. The summed E-state index contributed by atoms with van der Waals surface area (Å²) in [7, 11) is 0. The first-order chi connectivity index (χ1) is 8.85. The van der Waals surface area contributed by atoms with E-state index in [1.807, 2.05) is 0 Å². The highest BCUT2D eigenvalue weighted by molar-refractivity contribution is 4.68. The van der Waals surface area contributed by atoms with Gasteiger partial charge >= 0.3 is 0 Å². The lowest BCUT2D eigenvalue weighted by atomic mass is 10.2. The lowest BCUT2D eigenvalue weighted by Gasteiger charge is -2.29. The summed E-state index contributed by atoms with van der Waals surface area (Å²) in [5.41, 5.74) is 0. The summed E-state index contributed by atoms with van der Waals surface area (Å²) in [5, 5.41) is 19.0. The summed E-state index contributed by atoms with van der Waals surface area (Å²) >= 11 is 0. The Labute approximate surface area is 119 Å². The molecule has 0 amide bonds. The highest BCUT2D eigenvalue weighted by atomic mass is 16.3. The van der Waals surface area contributed by atoms with Crippen molar-refractivity contribution in [2.24, 2.45) is 5.92 Å². The summed E-state index contributed by atoms with van der Waals surface area (Å²) in [4.78, 5) is 4.63. The Morgan fingerprint density at radius 2 is 1.21 bits per heavy atom. The molecule has 0 heterocycles. The molecule has 0 aromatic heterocycles. The number of hydrogen-bond acceptors (Lipinski definition) is 4. The van der Waals surface area contributed by atoms with E-state index in [4.69, 9.17) is 0 Å². The van der Waals surface area contributed by atoms with Gasteiger partial charge in [0.25, 0.3) is 0 Å². The summed E-state index contributed by atoms with van der Waals surface area (Å²) < 4.78 is 0. The van der Waals surface area contributed by atoms with E-state index in [-0.39, 0.29) is 12.2 Å². The van der Waals surface area contributed by atoms with Gasteiger partial charge in [-0.25, -0.2) is 0 Å². The molecule has 19 heavy (non-hydrogen) atoms. The zero-order valence-corrected chi connectivity index (χ0v) is 13.5. The standard InChI is InChI=1S/C15H34N2O2/c1-6-7-16(10-13(2)3)8-9-17(11-14(4)18)12-15(5)19/h13-15,18-19H,6-12H2,1-5H3. The highest BCUT2D eigenvalue weighted by Gasteiger charge is 2.13. The number of nitrogens with zero attached hydrogens (tertiary/aromatic N) is 2. The molecule has 0 aromatic rings. The maximum atomic E-state index is 9.51. The predicted molar refractivity (Wildman–Crippen MR) is 81.4 cm³/mol. The molecule has 2 atom stereocenters. The van der Waals surface area contributed by atoms with Crippen molar-refractivity contribution in [2.75, 3.05) is 39.3 Å². The van der Waals surface area contributed by atoms with Crippen LogP contribution in [0.2, 0.25) is 0 Å². The smallest absolute Gasteiger partial charge is 0.0639 e. The van der Waals surface area contributed by atoms with E-state index in [0.29, 0.717) is 19.0 Å². The second kappa shape index (κ2) is 10.6. The van der Waals surface area contributed by atoms with E-state index in [1.54, 1.807) is 13.8 Å². The van der Waals surface area contributed by atoms with Gasteiger partial charge in [0.05, 0.1) is 12.2 Å². The van der Waals surface area contributed by atoms with E-state index >= 15 is 0 Å². The summed E-state index contributed by atoms with van der Waals surface area (Å²) in [6.07, 6.45) is 0.478. The van der Waals surface area contributed by atoms with Gasteiger partial charge in [0.2, 0.25) is 0 Å². The Kier molecular flexibility index (Phi) is 10.5. The first-order valence-electron chi connectivity index (χ1n) is 7.66. The Morgan fingerprint density at radius 1 is 0.737 bits per heavy atom. The molecule has 2 N–H and O–H groups in total. The van der Waals surface area contributed by atoms with Gasteiger partial charge in [0.15, 0.2) is 0 Å². The summed E-state index contributed by atoms with van der Waals surface area (Å²) in [6, 6.07) is 0. The predicted octanol–water partition coefficient (Wildman–Crippen LogP) is 1.42. The Balaban J connectivity index is 4.22. The SMILES string of the molecule is CCCN(CCN(CC(C)O)CC(C)O)CC(C)C. The molecule has 0 aliphatic heterocycles. The third-order valence-electron chi connectivity index (χ3n) is 2.94. The van der Waals surface area contributed by atoms with Gasteiger partial charge in [0, 0.05) is 32.7 Å². The first kappa shape index (κ1) is 18.8. The van der Waals surface area contributed by atoms with Crippen LogP contribution >= 0.6 is 0 Å². The van der Waals surface area contributed by atoms with E-state index < -0.39 is 0 Å². The van der Waals surface area contributed by atoms with Gasteiger partial charge < -0.3 is 15.1 Å². The van der Waals surface area contributed by atoms with Crippen LogP contribution in [0.3, 0.4) is 0 Å². The monoisotopic (exact) mass is 274 g/mol. The second-order valence-corrected chi connectivity index (χ2v) is 6.15. The van der Waals surface area contributed by atoms with E-state index in [0.717, 1.165) is 26.2 Å². The van der Waals surface area contributed by atoms with Gasteiger partial charge in [0.1, 0.15) is 0 Å². The third kappa shape index (κ3) is 11.4. The maximum Gasteiger partial charge on any atom is 0.0639 e. The Hall–Kier alpha value is -0.160. The van der Waals surface area contributed by atoms with Crippen LogP contribution < -0.4 is 0 Å². The van der Waals surface area contributed by atoms with Crippen LogP contribution in [0.25, 0.3) is 0 Å². The fraction of sp³-hybridized carbons (Fsp3) is 1.00. The van der Waals surface area contributed by atoms with Gasteiger partial charge in [-0.05, 0) is 32.7 Å². The van der Waals surface area contributed by atoms with Gasteiger partial charge in [-0.1, -0.05) is 20.8 Å². The molecule has 0 saturated heterocycles. The third-order valence-corrected chi connectivity index (χ3v) is 2.94. The van der Waals surface area contributed by atoms with Crippen LogP contribution in [0.5, 0.6) is 0 Å². The first-order valence-corrected chi connectivity index (χ1v) is 7.66. The van der Waals surface area contributed by atoms with E-state index in [1.165, 1.54) is 6.42 Å². The lowest BCUT2D eigenvalue weighted by Crippen LogP contribution is -2.42. The van der Waals surface area contributed by atoms with Crippen LogP contribution in [0.4, 0.5) is 0 Å². The van der Waals surface area contributed by atoms with Crippen molar-refractivity contribution in [3.63, 3.8) is 0 Å². The average Bonchev–Trinajstić information content (AvgIpc) is 2.23. The quantitative estimate of drug-likeness (QED) is 0.598. The molecule has 0 radical (unpaired) electrons. The lowest BCUT2D eigenvalue weighted by molar-refractivity contribution is 0.0749. The molecule has 4 heteroatoms. The summed E-state index contributed by atoms with van der Waals surface area (Å²) in [5.74, 6) is 0.675. The van der Waals surface area contributed by atoms with Crippen LogP contribution in [0.1, 0.15) is 41.0 Å². The molecule has 116 valence electrons. The van der Waals surface area contributed by atoms with Gasteiger partial charge in [-0.2, -0.15) is 0 Å². The van der Waals surface area contributed by atoms with Crippen molar-refractivity contribution >= 4 is 0 Å². The minimum absolute atomic E-state index is 0.344. The normalized spacial score (nSPS) is 15.5. The fourth-order valence-electron chi connectivity index (χ4n) is 2.41. The zero-order chi connectivity index (χ0) is 14.8. The number of hydrogen-bond donors (Lipinski definition) is 2. The van der Waals surface area contributed by atoms with Crippen molar-refractivity contribution in [3.05, 3.63) is 0 Å². The zero-order valence-electron chi connectivity index (χ0n) is 13.5. The second-order valence-electron chi connectivity index (χ2n) is 6.15. The van der Waals surface area contributed by atoms with Crippen molar-refractivity contribution < 1.29 is 10.2 Å². The van der Waals surface area contributed by atoms with Crippen LogP contribution in [0.15, 0.2) is 0 Å². The van der Waals surface area contributed by atoms with Crippen LogP contribution in [0, 0.1) is 5.92 Å². The molecule has 0 aliphatic carbocycles.